The molecule has 0 unspecified atom stereocenters. The molecule has 3 aliphatic rings. The monoisotopic (exact) mass is 905 g/mol. The second-order valence-corrected chi connectivity index (χ2v) is 21.6. The number of benzene rings is 9. The molecule has 1 heteroatoms. The number of hydrogen-bond acceptors (Lipinski definition) is 1. The standard InChI is InChI=1S/C69H63N/c1-44(2)67(45(3)4)61-30-20-19-29-56(61)59-42-66-60(43-65(59)67)58-40-53(37-39-63(58)68(66,46(5)6)47(7)8)70(52-34-32-49(33-35-52)48-22-12-9-13-23-48)54-36-38-57-55-28-18-21-31-62(55)69(64(57)41-54,50-24-14-10-15-25-50)51-26-16-11-17-27-51/h9-47H,1-8H3. The van der Waals surface area contributed by atoms with Crippen molar-refractivity contribution in [3.8, 4) is 44.5 Å². The van der Waals surface area contributed by atoms with E-state index >= 15 is 0 Å². The topological polar surface area (TPSA) is 3.24 Å². The average molecular weight is 906 g/mol. The first-order valence-corrected chi connectivity index (χ1v) is 25.8. The summed E-state index contributed by atoms with van der Waals surface area (Å²) in [6.07, 6.45) is 0. The van der Waals surface area contributed by atoms with Gasteiger partial charge in [-0.2, -0.15) is 0 Å². The van der Waals surface area contributed by atoms with E-state index < -0.39 is 5.41 Å². The van der Waals surface area contributed by atoms with Gasteiger partial charge < -0.3 is 4.90 Å². The predicted octanol–water partition coefficient (Wildman–Crippen LogP) is 18.3. The molecule has 1 nitrogen and oxygen atoms in total. The van der Waals surface area contributed by atoms with Crippen LogP contribution in [-0.2, 0) is 16.2 Å². The molecule has 0 saturated heterocycles. The largest absolute Gasteiger partial charge is 0.310 e. The smallest absolute Gasteiger partial charge is 0.0714 e. The second kappa shape index (κ2) is 16.5. The van der Waals surface area contributed by atoms with Crippen molar-refractivity contribution in [3.63, 3.8) is 0 Å². The molecular weight excluding hydrogens is 843 g/mol. The molecule has 9 aromatic carbocycles. The molecule has 9 aromatic rings. The molecule has 0 saturated carbocycles. The first kappa shape index (κ1) is 44.0. The lowest BCUT2D eigenvalue weighted by Gasteiger charge is -2.42. The van der Waals surface area contributed by atoms with E-state index in [0.29, 0.717) is 23.7 Å². The summed E-state index contributed by atoms with van der Waals surface area (Å²) < 4.78 is 0. The summed E-state index contributed by atoms with van der Waals surface area (Å²) in [4.78, 5) is 2.53. The maximum absolute atomic E-state index is 2.67. The molecule has 0 radical (unpaired) electrons. The molecular formula is C69H63N. The quantitative estimate of drug-likeness (QED) is 0.132. The Balaban J connectivity index is 1.12. The molecule has 12 rings (SSSR count). The van der Waals surface area contributed by atoms with Crippen molar-refractivity contribution in [1.82, 2.24) is 0 Å². The van der Waals surface area contributed by atoms with Gasteiger partial charge in [0.1, 0.15) is 0 Å². The Bertz CT molecular complexity index is 3370. The van der Waals surface area contributed by atoms with Crippen LogP contribution in [0.1, 0.15) is 99.9 Å². The number of fused-ring (bicyclic) bond motifs is 9. The summed E-state index contributed by atoms with van der Waals surface area (Å²) in [7, 11) is 0. The number of nitrogens with zero attached hydrogens (tertiary/aromatic N) is 1. The van der Waals surface area contributed by atoms with Gasteiger partial charge in [0.2, 0.25) is 0 Å². The highest BCUT2D eigenvalue weighted by Gasteiger charge is 2.53. The summed E-state index contributed by atoms with van der Waals surface area (Å²) in [5, 5.41) is 0. The zero-order valence-electron chi connectivity index (χ0n) is 42.0. The Hall–Kier alpha value is -7.22. The van der Waals surface area contributed by atoms with Crippen molar-refractivity contribution in [2.45, 2.75) is 71.6 Å². The molecule has 0 bridgehead atoms. The van der Waals surface area contributed by atoms with Gasteiger partial charge in [-0.25, -0.2) is 0 Å². The third kappa shape index (κ3) is 5.97. The van der Waals surface area contributed by atoms with Crippen molar-refractivity contribution in [1.29, 1.82) is 0 Å². The zero-order chi connectivity index (χ0) is 48.1. The molecule has 344 valence electrons. The molecule has 0 aromatic heterocycles. The minimum atomic E-state index is -0.518. The SMILES string of the molecule is CC(C)C1(C(C)C)c2ccccc2-c2cc3c(cc21)-c1cc(N(c2ccc(-c4ccccc4)cc2)c2ccc4c(c2)C(c2ccccc2)(c2ccccc2)c2ccccc2-4)ccc1C3(C(C)C)C(C)C. The van der Waals surface area contributed by atoms with Gasteiger partial charge in [0.15, 0.2) is 0 Å². The maximum atomic E-state index is 2.67. The van der Waals surface area contributed by atoms with Crippen LogP contribution >= 0.6 is 0 Å². The van der Waals surface area contributed by atoms with Crippen LogP contribution < -0.4 is 4.90 Å². The summed E-state index contributed by atoms with van der Waals surface area (Å²) in [6, 6.07) is 80.8. The minimum Gasteiger partial charge on any atom is -0.310 e. The van der Waals surface area contributed by atoms with E-state index in [-0.39, 0.29) is 10.8 Å². The summed E-state index contributed by atoms with van der Waals surface area (Å²) in [6.45, 7) is 19.6. The molecule has 0 fully saturated rings. The van der Waals surface area contributed by atoms with Crippen LogP contribution in [0, 0.1) is 23.7 Å². The fourth-order valence-corrected chi connectivity index (χ4v) is 14.6. The lowest BCUT2D eigenvalue weighted by molar-refractivity contribution is 0.277. The molecule has 0 heterocycles. The predicted molar refractivity (Wildman–Crippen MR) is 296 cm³/mol. The van der Waals surface area contributed by atoms with Crippen LogP contribution in [0.3, 0.4) is 0 Å². The van der Waals surface area contributed by atoms with E-state index in [2.05, 4.69) is 273 Å². The molecule has 0 N–H and O–H groups in total. The minimum absolute atomic E-state index is 0.0990. The summed E-state index contributed by atoms with van der Waals surface area (Å²) in [5.41, 5.74) is 24.3. The highest BCUT2D eigenvalue weighted by Crippen LogP contribution is 2.64. The highest BCUT2D eigenvalue weighted by atomic mass is 15.1. The van der Waals surface area contributed by atoms with Gasteiger partial charge in [0, 0.05) is 27.9 Å². The van der Waals surface area contributed by atoms with Crippen molar-refractivity contribution < 1.29 is 0 Å². The summed E-state index contributed by atoms with van der Waals surface area (Å²) >= 11 is 0. The summed E-state index contributed by atoms with van der Waals surface area (Å²) in [5.74, 6) is 1.58. The first-order valence-electron chi connectivity index (χ1n) is 25.8. The fraction of sp³-hybridized carbons (Fsp3) is 0.217. The molecule has 0 spiro atoms. The van der Waals surface area contributed by atoms with Gasteiger partial charge in [-0.15, -0.1) is 0 Å². The third-order valence-electron chi connectivity index (χ3n) is 17.3. The van der Waals surface area contributed by atoms with Crippen LogP contribution in [-0.4, -0.2) is 0 Å². The van der Waals surface area contributed by atoms with Gasteiger partial charge in [-0.3, -0.25) is 0 Å². The van der Waals surface area contributed by atoms with Gasteiger partial charge >= 0.3 is 0 Å². The van der Waals surface area contributed by atoms with Crippen molar-refractivity contribution >= 4 is 17.1 Å². The maximum Gasteiger partial charge on any atom is 0.0714 e. The number of hydrogen-bond donors (Lipinski definition) is 0. The van der Waals surface area contributed by atoms with Crippen LogP contribution in [0.4, 0.5) is 17.1 Å². The molecule has 0 amide bonds. The van der Waals surface area contributed by atoms with E-state index in [1.165, 1.54) is 89.0 Å². The van der Waals surface area contributed by atoms with E-state index in [0.717, 1.165) is 17.1 Å². The van der Waals surface area contributed by atoms with Crippen LogP contribution in [0.5, 0.6) is 0 Å². The fourth-order valence-electron chi connectivity index (χ4n) is 14.6. The van der Waals surface area contributed by atoms with E-state index in [1.54, 1.807) is 0 Å². The van der Waals surface area contributed by atoms with Crippen LogP contribution in [0.25, 0.3) is 44.5 Å². The van der Waals surface area contributed by atoms with Crippen molar-refractivity contribution in [2.75, 3.05) is 4.90 Å². The molecule has 0 aliphatic heterocycles. The van der Waals surface area contributed by atoms with Crippen LogP contribution in [0.15, 0.2) is 212 Å². The van der Waals surface area contributed by atoms with Gasteiger partial charge in [0.25, 0.3) is 0 Å². The number of rotatable bonds is 10. The third-order valence-corrected chi connectivity index (χ3v) is 17.3. The van der Waals surface area contributed by atoms with Gasteiger partial charge in [-0.1, -0.05) is 219 Å². The molecule has 3 aliphatic carbocycles. The van der Waals surface area contributed by atoms with E-state index in [1.807, 2.05) is 0 Å². The normalized spacial score (nSPS) is 15.1. The second-order valence-electron chi connectivity index (χ2n) is 21.6. The average Bonchev–Trinajstić information content (AvgIpc) is 3.97. The lowest BCUT2D eigenvalue weighted by Crippen LogP contribution is -2.38. The molecule has 70 heavy (non-hydrogen) atoms. The Morgan fingerprint density at radius 3 is 1.21 bits per heavy atom. The lowest BCUT2D eigenvalue weighted by atomic mass is 9.61. The first-order chi connectivity index (χ1) is 34.0. The zero-order valence-corrected chi connectivity index (χ0v) is 42.0. The van der Waals surface area contributed by atoms with E-state index in [9.17, 15) is 0 Å². The van der Waals surface area contributed by atoms with Gasteiger partial charge in [0.05, 0.1) is 5.41 Å². The Morgan fingerprint density at radius 1 is 0.271 bits per heavy atom. The van der Waals surface area contributed by atoms with Crippen molar-refractivity contribution in [3.05, 3.63) is 257 Å². The van der Waals surface area contributed by atoms with Crippen LogP contribution in [0.2, 0.25) is 0 Å². The Labute approximate surface area is 416 Å². The number of anilines is 3. The van der Waals surface area contributed by atoms with Gasteiger partial charge in [-0.05, 0) is 161 Å². The van der Waals surface area contributed by atoms with E-state index in [4.69, 9.17) is 0 Å². The molecule has 0 atom stereocenters. The van der Waals surface area contributed by atoms with Crippen molar-refractivity contribution in [2.24, 2.45) is 23.7 Å². The Kier molecular flexibility index (Phi) is 10.3. The Morgan fingerprint density at radius 2 is 0.657 bits per heavy atom. The highest BCUT2D eigenvalue weighted by molar-refractivity contribution is 5.94.